The Labute approximate surface area is 178 Å². The van der Waals surface area contributed by atoms with Crippen molar-refractivity contribution in [3.8, 4) is 17.4 Å². The Morgan fingerprint density at radius 3 is 1.90 bits per heavy atom. The summed E-state index contributed by atoms with van der Waals surface area (Å²) < 4.78 is 45.4. The van der Waals surface area contributed by atoms with Gasteiger partial charge >= 0.3 is 22.1 Å². The molecule has 3 aromatic rings. The second-order valence-corrected chi connectivity index (χ2v) is 7.55. The molecule has 0 N–H and O–H groups in total. The van der Waals surface area contributed by atoms with E-state index in [-0.39, 0.29) is 16.9 Å². The van der Waals surface area contributed by atoms with Crippen LogP contribution in [0.15, 0.2) is 71.8 Å². The van der Waals surface area contributed by atoms with Crippen molar-refractivity contribution >= 4 is 22.1 Å². The number of carbonyl (C=O) groups excluding carboxylic acids is 2. The lowest BCUT2D eigenvalue weighted by atomic mass is 10.1. The van der Waals surface area contributed by atoms with Gasteiger partial charge in [-0.05, 0) is 48.5 Å². The van der Waals surface area contributed by atoms with Gasteiger partial charge in [-0.3, -0.25) is 0 Å². The fourth-order valence-electron chi connectivity index (χ4n) is 2.48. The van der Waals surface area contributed by atoms with Gasteiger partial charge in [-0.2, -0.15) is 8.42 Å². The Morgan fingerprint density at radius 1 is 0.806 bits per heavy atom. The highest BCUT2D eigenvalue weighted by molar-refractivity contribution is 7.87. The number of pyridine rings is 1. The van der Waals surface area contributed by atoms with Crippen molar-refractivity contribution in [1.29, 1.82) is 0 Å². The summed E-state index contributed by atoms with van der Waals surface area (Å²) in [6, 6.07) is 14.2. The van der Waals surface area contributed by atoms with Crippen LogP contribution in [0, 0.1) is 0 Å². The molecule has 0 bridgehead atoms. The molecule has 0 atom stereocenters. The van der Waals surface area contributed by atoms with E-state index in [1.165, 1.54) is 30.3 Å². The number of nitrogens with zero attached hydrogens (tertiary/aromatic N) is 1. The third-order valence-corrected chi connectivity index (χ3v) is 5.15. The van der Waals surface area contributed by atoms with Crippen LogP contribution in [0.25, 0.3) is 0 Å². The molecule has 1 aromatic heterocycles. The SMILES string of the molecule is COC(=O)c1cc(C(=O)OC)cc(S(=O)(=O)Oc2ccc(Oc3ccccn3)cc2)c1. The Hall–Kier alpha value is -3.92. The Kier molecular flexibility index (Phi) is 6.51. The van der Waals surface area contributed by atoms with Gasteiger partial charge in [-0.15, -0.1) is 0 Å². The van der Waals surface area contributed by atoms with Crippen LogP contribution in [0.5, 0.6) is 17.4 Å². The third kappa shape index (κ3) is 5.37. The number of carbonyl (C=O) groups is 2. The van der Waals surface area contributed by atoms with Gasteiger partial charge in [0.2, 0.25) is 5.88 Å². The molecule has 0 aliphatic heterocycles. The normalized spacial score (nSPS) is 10.8. The van der Waals surface area contributed by atoms with Crippen LogP contribution in [0.2, 0.25) is 0 Å². The summed E-state index contributed by atoms with van der Waals surface area (Å²) in [5.74, 6) is -0.851. The molecule has 0 saturated heterocycles. The molecule has 31 heavy (non-hydrogen) atoms. The average Bonchev–Trinajstić information content (AvgIpc) is 2.79. The van der Waals surface area contributed by atoms with Crippen LogP contribution in [-0.4, -0.2) is 39.6 Å². The van der Waals surface area contributed by atoms with Crippen molar-refractivity contribution in [2.75, 3.05) is 14.2 Å². The van der Waals surface area contributed by atoms with E-state index in [0.29, 0.717) is 11.6 Å². The second-order valence-electron chi connectivity index (χ2n) is 6.01. The lowest BCUT2D eigenvalue weighted by molar-refractivity contribution is 0.0598. The van der Waals surface area contributed by atoms with E-state index in [1.54, 1.807) is 24.4 Å². The van der Waals surface area contributed by atoms with Gasteiger partial charge < -0.3 is 18.4 Å². The molecule has 9 nitrogen and oxygen atoms in total. The van der Waals surface area contributed by atoms with Crippen LogP contribution < -0.4 is 8.92 Å². The van der Waals surface area contributed by atoms with Crippen LogP contribution >= 0.6 is 0 Å². The molecule has 0 saturated carbocycles. The zero-order valence-corrected chi connectivity index (χ0v) is 17.3. The minimum atomic E-state index is -4.38. The molecule has 0 unspecified atom stereocenters. The highest BCUT2D eigenvalue weighted by atomic mass is 32.2. The molecule has 0 spiro atoms. The van der Waals surface area contributed by atoms with E-state index in [9.17, 15) is 18.0 Å². The van der Waals surface area contributed by atoms with Gasteiger partial charge in [0.25, 0.3) is 0 Å². The highest BCUT2D eigenvalue weighted by Gasteiger charge is 2.23. The standard InChI is InChI=1S/C21H17NO8S/c1-27-20(23)14-11-15(21(24)28-2)13-18(12-14)31(25,26)30-17-8-6-16(7-9-17)29-19-5-3-4-10-22-19/h3-13H,1-2H3. The van der Waals surface area contributed by atoms with Crippen molar-refractivity contribution in [2.45, 2.75) is 4.90 Å². The van der Waals surface area contributed by atoms with Gasteiger partial charge in [0.1, 0.15) is 16.4 Å². The molecule has 10 heteroatoms. The Morgan fingerprint density at radius 2 is 1.39 bits per heavy atom. The van der Waals surface area contributed by atoms with Gasteiger partial charge in [0, 0.05) is 12.3 Å². The second kappa shape index (κ2) is 9.26. The fourth-order valence-corrected chi connectivity index (χ4v) is 3.48. The fraction of sp³-hybridized carbons (Fsp3) is 0.0952. The maximum absolute atomic E-state index is 12.7. The zero-order chi connectivity index (χ0) is 22.4. The number of benzene rings is 2. The van der Waals surface area contributed by atoms with E-state index in [0.717, 1.165) is 26.4 Å². The predicted octanol–water partition coefficient (Wildman–Crippen LogP) is 3.21. The lowest BCUT2D eigenvalue weighted by Gasteiger charge is -2.11. The molecule has 0 aliphatic carbocycles. The maximum Gasteiger partial charge on any atom is 0.339 e. The molecule has 0 fully saturated rings. The third-order valence-electron chi connectivity index (χ3n) is 3.93. The predicted molar refractivity (Wildman–Crippen MR) is 108 cm³/mol. The Bertz CT molecular complexity index is 1160. The van der Waals surface area contributed by atoms with Gasteiger partial charge in [0.05, 0.1) is 25.3 Å². The quantitative estimate of drug-likeness (QED) is 0.400. The first-order valence-corrected chi connectivity index (χ1v) is 10.2. The van der Waals surface area contributed by atoms with Crippen LogP contribution in [0.1, 0.15) is 20.7 Å². The van der Waals surface area contributed by atoms with Crippen LogP contribution in [0.3, 0.4) is 0 Å². The summed E-state index contributed by atoms with van der Waals surface area (Å²) in [5.41, 5.74) is -0.293. The number of hydrogen-bond donors (Lipinski definition) is 0. The monoisotopic (exact) mass is 443 g/mol. The molecule has 0 radical (unpaired) electrons. The molecule has 1 heterocycles. The molecular weight excluding hydrogens is 426 g/mol. The summed E-state index contributed by atoms with van der Waals surface area (Å²) in [6.45, 7) is 0. The number of rotatable bonds is 7. The van der Waals surface area contributed by atoms with Crippen LogP contribution in [0.4, 0.5) is 0 Å². The smallest absolute Gasteiger partial charge is 0.339 e. The summed E-state index contributed by atoms with van der Waals surface area (Å²) in [5, 5.41) is 0. The average molecular weight is 443 g/mol. The van der Waals surface area contributed by atoms with E-state index >= 15 is 0 Å². The van der Waals surface area contributed by atoms with E-state index < -0.39 is 27.0 Å². The van der Waals surface area contributed by atoms with E-state index in [2.05, 4.69) is 14.5 Å². The summed E-state index contributed by atoms with van der Waals surface area (Å²) in [6.07, 6.45) is 1.57. The van der Waals surface area contributed by atoms with Gasteiger partial charge in [0.15, 0.2) is 0 Å². The van der Waals surface area contributed by atoms with Crippen molar-refractivity contribution in [1.82, 2.24) is 4.98 Å². The number of aromatic nitrogens is 1. The van der Waals surface area contributed by atoms with Gasteiger partial charge in [-0.25, -0.2) is 14.6 Å². The van der Waals surface area contributed by atoms with Gasteiger partial charge in [-0.1, -0.05) is 6.07 Å². The largest absolute Gasteiger partial charge is 0.465 e. The first-order chi connectivity index (χ1) is 14.8. The first-order valence-electron chi connectivity index (χ1n) is 8.77. The Balaban J connectivity index is 1.86. The van der Waals surface area contributed by atoms with Crippen molar-refractivity contribution in [3.05, 3.63) is 78.0 Å². The minimum Gasteiger partial charge on any atom is -0.465 e. The van der Waals surface area contributed by atoms with Crippen LogP contribution in [-0.2, 0) is 19.6 Å². The molecule has 0 aliphatic rings. The minimum absolute atomic E-state index is 0.00328. The number of esters is 2. The number of methoxy groups -OCH3 is 2. The summed E-state index contributed by atoms with van der Waals surface area (Å²) >= 11 is 0. The lowest BCUT2D eigenvalue weighted by Crippen LogP contribution is -2.14. The summed E-state index contributed by atoms with van der Waals surface area (Å²) in [4.78, 5) is 27.4. The molecule has 0 amide bonds. The molecular formula is C21H17NO8S. The first kappa shape index (κ1) is 21.8. The van der Waals surface area contributed by atoms with E-state index in [4.69, 9.17) is 8.92 Å². The molecule has 3 rings (SSSR count). The molecule has 2 aromatic carbocycles. The van der Waals surface area contributed by atoms with Crippen molar-refractivity contribution in [3.63, 3.8) is 0 Å². The number of hydrogen-bond acceptors (Lipinski definition) is 9. The van der Waals surface area contributed by atoms with Crippen molar-refractivity contribution in [2.24, 2.45) is 0 Å². The van der Waals surface area contributed by atoms with E-state index in [1.807, 2.05) is 0 Å². The maximum atomic E-state index is 12.7. The summed E-state index contributed by atoms with van der Waals surface area (Å²) in [7, 11) is -2.12. The topological polar surface area (TPSA) is 118 Å². The number of ether oxygens (including phenoxy) is 3. The van der Waals surface area contributed by atoms with Crippen molar-refractivity contribution < 1.29 is 36.4 Å². The highest BCUT2D eigenvalue weighted by Crippen LogP contribution is 2.25. The molecule has 160 valence electrons. The zero-order valence-electron chi connectivity index (χ0n) is 16.5.